The number of para-hydroxylation sites is 1. The van der Waals surface area contributed by atoms with Crippen molar-refractivity contribution in [3.05, 3.63) is 41.0 Å². The molecule has 3 N–H and O–H groups in total. The van der Waals surface area contributed by atoms with Crippen LogP contribution in [0.15, 0.2) is 41.0 Å². The molecule has 1 aromatic heterocycles. The summed E-state index contributed by atoms with van der Waals surface area (Å²) >= 11 is 3.31. The summed E-state index contributed by atoms with van der Waals surface area (Å²) in [5.74, 6) is -0.676. The monoisotopic (exact) mass is 352 g/mol. The van der Waals surface area contributed by atoms with Crippen LogP contribution >= 0.6 is 15.9 Å². The number of nitrogens with zero attached hydrogens (tertiary/aromatic N) is 2. The molecule has 2 aromatic rings. The standard InChI is InChI=1S/C13H13BrN4O3/c14-9-3-1-2-4-10(9)16-12(19)8-21-13(20)7-18-6-5-11(15)17-18/h1-6H,7-8H2,(H2,15,17)(H,16,19). The first-order valence-corrected chi connectivity index (χ1v) is 6.83. The maximum Gasteiger partial charge on any atom is 0.328 e. The van der Waals surface area contributed by atoms with E-state index < -0.39 is 11.9 Å². The number of anilines is 2. The molecule has 0 atom stereocenters. The molecule has 1 heterocycles. The third-order valence-corrected chi connectivity index (χ3v) is 3.16. The molecule has 0 aliphatic rings. The van der Waals surface area contributed by atoms with Gasteiger partial charge in [-0.3, -0.25) is 14.3 Å². The highest BCUT2D eigenvalue weighted by Crippen LogP contribution is 2.20. The van der Waals surface area contributed by atoms with Gasteiger partial charge in [0.2, 0.25) is 0 Å². The average molecular weight is 353 g/mol. The van der Waals surface area contributed by atoms with Crippen molar-refractivity contribution in [2.24, 2.45) is 0 Å². The molecular weight excluding hydrogens is 340 g/mol. The summed E-state index contributed by atoms with van der Waals surface area (Å²) < 4.78 is 6.94. The van der Waals surface area contributed by atoms with Crippen LogP contribution in [0, 0.1) is 0 Å². The predicted molar refractivity (Wildman–Crippen MR) is 80.4 cm³/mol. The van der Waals surface area contributed by atoms with Crippen LogP contribution in [0.1, 0.15) is 0 Å². The van der Waals surface area contributed by atoms with Crippen LogP contribution in [0.3, 0.4) is 0 Å². The molecule has 0 radical (unpaired) electrons. The Balaban J connectivity index is 1.78. The van der Waals surface area contributed by atoms with Gasteiger partial charge < -0.3 is 15.8 Å². The largest absolute Gasteiger partial charge is 0.454 e. The second-order valence-electron chi connectivity index (χ2n) is 4.13. The number of rotatable bonds is 5. The Kier molecular flexibility index (Phi) is 4.94. The van der Waals surface area contributed by atoms with Gasteiger partial charge in [-0.05, 0) is 34.1 Å². The molecular formula is C13H13BrN4O3. The molecule has 0 bridgehead atoms. The van der Waals surface area contributed by atoms with Crippen molar-refractivity contribution in [1.82, 2.24) is 9.78 Å². The molecule has 0 saturated heterocycles. The first-order chi connectivity index (χ1) is 10.0. The van der Waals surface area contributed by atoms with Crippen LogP contribution < -0.4 is 11.1 Å². The zero-order valence-electron chi connectivity index (χ0n) is 11.0. The Morgan fingerprint density at radius 1 is 1.33 bits per heavy atom. The van der Waals surface area contributed by atoms with Crippen LogP contribution in [0.5, 0.6) is 0 Å². The van der Waals surface area contributed by atoms with Crippen molar-refractivity contribution in [3.8, 4) is 0 Å². The number of benzene rings is 1. The molecule has 110 valence electrons. The van der Waals surface area contributed by atoms with Crippen molar-refractivity contribution in [1.29, 1.82) is 0 Å². The summed E-state index contributed by atoms with van der Waals surface area (Å²) in [7, 11) is 0. The number of hydrogen-bond acceptors (Lipinski definition) is 5. The lowest BCUT2D eigenvalue weighted by Gasteiger charge is -2.08. The fourth-order valence-corrected chi connectivity index (χ4v) is 1.92. The molecule has 2 rings (SSSR count). The van der Waals surface area contributed by atoms with Gasteiger partial charge in [-0.2, -0.15) is 5.10 Å². The van der Waals surface area contributed by atoms with Gasteiger partial charge in [0.15, 0.2) is 6.61 Å². The van der Waals surface area contributed by atoms with E-state index in [0.717, 1.165) is 4.47 Å². The Hall–Kier alpha value is -2.35. The molecule has 0 saturated carbocycles. The van der Waals surface area contributed by atoms with E-state index in [9.17, 15) is 9.59 Å². The summed E-state index contributed by atoms with van der Waals surface area (Å²) in [6.07, 6.45) is 1.55. The number of hydrogen-bond donors (Lipinski definition) is 2. The van der Waals surface area contributed by atoms with Gasteiger partial charge in [0.05, 0.1) is 5.69 Å². The quantitative estimate of drug-likeness (QED) is 0.792. The smallest absolute Gasteiger partial charge is 0.328 e. The molecule has 7 nitrogen and oxygen atoms in total. The minimum absolute atomic E-state index is 0.0977. The van der Waals surface area contributed by atoms with Crippen LogP contribution in [0.25, 0.3) is 0 Å². The fraction of sp³-hybridized carbons (Fsp3) is 0.154. The maximum absolute atomic E-state index is 11.7. The van der Waals surface area contributed by atoms with E-state index >= 15 is 0 Å². The Bertz CT molecular complexity index is 656. The van der Waals surface area contributed by atoms with Crippen molar-refractivity contribution in [3.63, 3.8) is 0 Å². The Labute approximate surface area is 129 Å². The second kappa shape index (κ2) is 6.89. The second-order valence-corrected chi connectivity index (χ2v) is 4.98. The van der Waals surface area contributed by atoms with Crippen LogP contribution in [0.2, 0.25) is 0 Å². The van der Waals surface area contributed by atoms with Gasteiger partial charge >= 0.3 is 5.97 Å². The third kappa shape index (κ3) is 4.60. The van der Waals surface area contributed by atoms with Gasteiger partial charge in [-0.1, -0.05) is 12.1 Å². The summed E-state index contributed by atoms with van der Waals surface area (Å²) in [6.45, 7) is -0.462. The Morgan fingerprint density at radius 3 is 2.76 bits per heavy atom. The first kappa shape index (κ1) is 15.0. The van der Waals surface area contributed by atoms with Gasteiger partial charge in [-0.15, -0.1) is 0 Å². The highest BCUT2D eigenvalue weighted by Gasteiger charge is 2.10. The zero-order valence-corrected chi connectivity index (χ0v) is 12.5. The number of amides is 1. The van der Waals surface area contributed by atoms with Crippen LogP contribution in [-0.4, -0.2) is 28.3 Å². The summed E-state index contributed by atoms with van der Waals surface area (Å²) in [5, 5.41) is 6.47. The molecule has 0 spiro atoms. The van der Waals surface area contributed by atoms with Gasteiger partial charge in [-0.25, -0.2) is 0 Å². The summed E-state index contributed by atoms with van der Waals surface area (Å²) in [4.78, 5) is 23.2. The fourth-order valence-electron chi connectivity index (χ4n) is 1.54. The van der Waals surface area contributed by atoms with Crippen molar-refractivity contribution < 1.29 is 14.3 Å². The van der Waals surface area contributed by atoms with E-state index in [2.05, 4.69) is 26.3 Å². The minimum atomic E-state index is -0.569. The number of carbonyl (C=O) groups is 2. The number of esters is 1. The first-order valence-electron chi connectivity index (χ1n) is 6.03. The number of nitrogens with two attached hydrogens (primary N) is 1. The number of ether oxygens (including phenoxy) is 1. The lowest BCUT2D eigenvalue weighted by Crippen LogP contribution is -2.23. The predicted octanol–water partition coefficient (Wildman–Crippen LogP) is 1.41. The topological polar surface area (TPSA) is 99.2 Å². The van der Waals surface area contributed by atoms with E-state index in [1.54, 1.807) is 30.5 Å². The Morgan fingerprint density at radius 2 is 2.10 bits per heavy atom. The molecule has 1 aromatic carbocycles. The highest BCUT2D eigenvalue weighted by atomic mass is 79.9. The maximum atomic E-state index is 11.7. The normalized spacial score (nSPS) is 10.1. The lowest BCUT2D eigenvalue weighted by atomic mass is 10.3. The average Bonchev–Trinajstić information content (AvgIpc) is 2.84. The third-order valence-electron chi connectivity index (χ3n) is 2.46. The van der Waals surface area contributed by atoms with Crippen molar-refractivity contribution in [2.75, 3.05) is 17.7 Å². The number of halogens is 1. The molecule has 8 heteroatoms. The van der Waals surface area contributed by atoms with E-state index in [1.807, 2.05) is 6.07 Å². The molecule has 1 amide bonds. The van der Waals surface area contributed by atoms with E-state index in [0.29, 0.717) is 11.5 Å². The molecule has 0 unspecified atom stereocenters. The number of aromatic nitrogens is 2. The lowest BCUT2D eigenvalue weighted by molar-refractivity contribution is -0.148. The number of nitrogen functional groups attached to an aromatic ring is 1. The van der Waals surface area contributed by atoms with Crippen LogP contribution in [-0.2, 0) is 20.9 Å². The highest BCUT2D eigenvalue weighted by molar-refractivity contribution is 9.10. The van der Waals surface area contributed by atoms with Crippen molar-refractivity contribution in [2.45, 2.75) is 6.54 Å². The SMILES string of the molecule is Nc1ccn(CC(=O)OCC(=O)Nc2ccccc2Br)n1. The molecule has 0 fully saturated rings. The zero-order chi connectivity index (χ0) is 15.2. The van der Waals surface area contributed by atoms with Crippen molar-refractivity contribution >= 4 is 39.3 Å². The summed E-state index contributed by atoms with van der Waals surface area (Å²) in [5.41, 5.74) is 6.03. The number of carbonyl (C=O) groups excluding carboxylic acids is 2. The molecule has 0 aliphatic heterocycles. The van der Waals surface area contributed by atoms with Gasteiger partial charge in [0.25, 0.3) is 5.91 Å². The van der Waals surface area contributed by atoms with Gasteiger partial charge in [0.1, 0.15) is 12.4 Å². The van der Waals surface area contributed by atoms with Gasteiger partial charge in [0, 0.05) is 10.7 Å². The minimum Gasteiger partial charge on any atom is -0.454 e. The molecule has 21 heavy (non-hydrogen) atoms. The van der Waals surface area contributed by atoms with E-state index in [4.69, 9.17) is 10.5 Å². The van der Waals surface area contributed by atoms with Crippen LogP contribution in [0.4, 0.5) is 11.5 Å². The molecule has 0 aliphatic carbocycles. The van der Waals surface area contributed by atoms with E-state index in [-0.39, 0.29) is 13.2 Å². The van der Waals surface area contributed by atoms with E-state index in [1.165, 1.54) is 4.68 Å². The summed E-state index contributed by atoms with van der Waals surface area (Å²) in [6, 6.07) is 8.71. The number of nitrogens with one attached hydrogen (secondary N) is 1.